The summed E-state index contributed by atoms with van der Waals surface area (Å²) in [5.41, 5.74) is 1.79. The number of halogens is 1. The lowest BCUT2D eigenvalue weighted by molar-refractivity contribution is -0.136. The zero-order chi connectivity index (χ0) is 11.5. The normalized spacial score (nSPS) is 14.6. The molecule has 1 aromatic carbocycles. The highest BCUT2D eigenvalue weighted by Crippen LogP contribution is 2.26. The van der Waals surface area contributed by atoms with E-state index in [0.717, 1.165) is 24.1 Å². The van der Waals surface area contributed by atoms with Gasteiger partial charge in [-0.2, -0.15) is 0 Å². The van der Waals surface area contributed by atoms with Gasteiger partial charge in [0.25, 0.3) is 0 Å². The number of aryl methyl sites for hydroxylation is 1. The molecule has 0 aromatic heterocycles. The monoisotopic (exact) mass is 255 g/mol. The summed E-state index contributed by atoms with van der Waals surface area (Å²) in [5, 5.41) is 8.81. The molecule has 1 heterocycles. The van der Waals surface area contributed by atoms with Gasteiger partial charge in [0, 0.05) is 12.1 Å². The Bertz CT molecular complexity index is 434. The Morgan fingerprint density at radius 2 is 2.00 bits per heavy atom. The number of nitrogens with zero attached hydrogens (tertiary/aromatic N) is 1. The summed E-state index contributed by atoms with van der Waals surface area (Å²) in [6.45, 7) is -0.254. The molecule has 0 unspecified atom stereocenters. The lowest BCUT2D eigenvalue weighted by Gasteiger charge is -2.20. The highest BCUT2D eigenvalue weighted by molar-refractivity contribution is 5.98. The van der Waals surface area contributed by atoms with Gasteiger partial charge in [0.2, 0.25) is 5.91 Å². The Morgan fingerprint density at radius 1 is 1.29 bits per heavy atom. The van der Waals surface area contributed by atoms with Crippen LogP contribution in [0.4, 0.5) is 5.69 Å². The van der Waals surface area contributed by atoms with Crippen molar-refractivity contribution in [1.82, 2.24) is 0 Å². The number of aliphatic carboxylic acids is 1. The van der Waals surface area contributed by atoms with E-state index in [1.54, 1.807) is 0 Å². The van der Waals surface area contributed by atoms with Gasteiger partial charge in [0.05, 0.1) is 0 Å². The third-order valence-corrected chi connectivity index (χ3v) is 2.71. The molecule has 0 bridgehead atoms. The van der Waals surface area contributed by atoms with Crippen LogP contribution in [0.25, 0.3) is 0 Å². The fourth-order valence-electron chi connectivity index (χ4n) is 1.99. The molecular weight excluding hydrogens is 242 g/mol. The number of anilines is 1. The molecule has 0 aliphatic carbocycles. The molecule has 2 rings (SSSR count). The fourth-order valence-corrected chi connectivity index (χ4v) is 1.99. The summed E-state index contributed by atoms with van der Waals surface area (Å²) < 4.78 is 0. The smallest absolute Gasteiger partial charge is 0.323 e. The molecular formula is C12H14ClNO3. The molecule has 1 aliphatic rings. The first-order valence-electron chi connectivity index (χ1n) is 5.28. The fraction of sp³-hybridized carbons (Fsp3) is 0.333. The number of carbonyl (C=O) groups excluding carboxylic acids is 1. The van der Waals surface area contributed by atoms with Crippen LogP contribution in [0.2, 0.25) is 0 Å². The minimum absolute atomic E-state index is 0. The molecule has 4 nitrogen and oxygen atoms in total. The third kappa shape index (κ3) is 2.97. The van der Waals surface area contributed by atoms with Crippen molar-refractivity contribution in [2.45, 2.75) is 19.3 Å². The minimum atomic E-state index is -0.981. The molecule has 0 saturated heterocycles. The van der Waals surface area contributed by atoms with Gasteiger partial charge in [-0.1, -0.05) is 18.2 Å². The second-order valence-electron chi connectivity index (χ2n) is 3.86. The number of para-hydroxylation sites is 1. The highest BCUT2D eigenvalue weighted by atomic mass is 35.5. The summed E-state index contributed by atoms with van der Waals surface area (Å²) in [6, 6.07) is 7.49. The van der Waals surface area contributed by atoms with Gasteiger partial charge in [-0.05, 0) is 24.5 Å². The summed E-state index contributed by atoms with van der Waals surface area (Å²) in [6.07, 6.45) is 2.03. The topological polar surface area (TPSA) is 57.6 Å². The Labute approximate surface area is 106 Å². The van der Waals surface area contributed by atoms with E-state index in [4.69, 9.17) is 5.11 Å². The average molecular weight is 256 g/mol. The van der Waals surface area contributed by atoms with Crippen molar-refractivity contribution in [3.63, 3.8) is 0 Å². The van der Waals surface area contributed by atoms with Crippen LogP contribution in [0, 0.1) is 0 Å². The van der Waals surface area contributed by atoms with Crippen molar-refractivity contribution >= 4 is 30.0 Å². The molecule has 0 atom stereocenters. The number of hydrogen-bond donors (Lipinski definition) is 1. The van der Waals surface area contributed by atoms with Gasteiger partial charge in [-0.15, -0.1) is 12.4 Å². The molecule has 1 aliphatic heterocycles. The van der Waals surface area contributed by atoms with E-state index in [1.807, 2.05) is 24.3 Å². The predicted octanol–water partition coefficient (Wildman–Crippen LogP) is 1.86. The largest absolute Gasteiger partial charge is 0.480 e. The first kappa shape index (κ1) is 13.5. The van der Waals surface area contributed by atoms with Gasteiger partial charge >= 0.3 is 5.97 Å². The maximum Gasteiger partial charge on any atom is 0.323 e. The zero-order valence-electron chi connectivity index (χ0n) is 9.26. The van der Waals surface area contributed by atoms with Crippen LogP contribution in [-0.2, 0) is 16.0 Å². The molecule has 0 saturated carbocycles. The Balaban J connectivity index is 0.00000144. The van der Waals surface area contributed by atoms with E-state index in [1.165, 1.54) is 4.90 Å². The number of carboxylic acid groups (broad SMARTS) is 1. The standard InChI is InChI=1S/C12H13NO3.ClH/c14-11-7-3-5-9-4-1-2-6-10(9)13(11)8-12(15)16;/h1-2,4,6H,3,5,7-8H2,(H,15,16);1H. The number of benzene rings is 1. The molecule has 1 aromatic rings. The van der Waals surface area contributed by atoms with Gasteiger partial charge in [0.1, 0.15) is 6.54 Å². The Hall–Kier alpha value is -1.55. The molecule has 1 N–H and O–H groups in total. The molecule has 92 valence electrons. The second-order valence-corrected chi connectivity index (χ2v) is 3.86. The lowest BCUT2D eigenvalue weighted by atomic mass is 10.1. The molecule has 0 radical (unpaired) electrons. The first-order chi connectivity index (χ1) is 7.68. The summed E-state index contributed by atoms with van der Waals surface area (Å²) >= 11 is 0. The van der Waals surface area contributed by atoms with Crippen LogP contribution in [0.5, 0.6) is 0 Å². The van der Waals surface area contributed by atoms with E-state index >= 15 is 0 Å². The van der Waals surface area contributed by atoms with Crippen molar-refractivity contribution in [1.29, 1.82) is 0 Å². The van der Waals surface area contributed by atoms with E-state index in [-0.39, 0.29) is 24.9 Å². The van der Waals surface area contributed by atoms with Gasteiger partial charge in [-0.25, -0.2) is 0 Å². The second kappa shape index (κ2) is 5.68. The van der Waals surface area contributed by atoms with Gasteiger partial charge in [0.15, 0.2) is 0 Å². The molecule has 1 amide bonds. The minimum Gasteiger partial charge on any atom is -0.480 e. The number of carbonyl (C=O) groups is 2. The van der Waals surface area contributed by atoms with Crippen LogP contribution in [0.15, 0.2) is 24.3 Å². The van der Waals surface area contributed by atoms with Crippen molar-refractivity contribution < 1.29 is 14.7 Å². The SMILES string of the molecule is Cl.O=C(O)CN1C(=O)CCCc2ccccc21. The van der Waals surface area contributed by atoms with E-state index in [9.17, 15) is 9.59 Å². The average Bonchev–Trinajstić information content (AvgIpc) is 2.40. The van der Waals surface area contributed by atoms with Gasteiger partial charge < -0.3 is 10.0 Å². The maximum atomic E-state index is 11.8. The summed E-state index contributed by atoms with van der Waals surface area (Å²) in [7, 11) is 0. The van der Waals surface area contributed by atoms with Crippen LogP contribution in [-0.4, -0.2) is 23.5 Å². The van der Waals surface area contributed by atoms with E-state index < -0.39 is 5.97 Å². The Kier molecular flexibility index (Phi) is 4.52. The first-order valence-corrected chi connectivity index (χ1v) is 5.28. The number of hydrogen-bond acceptors (Lipinski definition) is 2. The summed E-state index contributed by atoms with van der Waals surface area (Å²) in [4.78, 5) is 23.9. The van der Waals surface area contributed by atoms with Crippen LogP contribution >= 0.6 is 12.4 Å². The number of amides is 1. The third-order valence-electron chi connectivity index (χ3n) is 2.71. The quantitative estimate of drug-likeness (QED) is 0.878. The van der Waals surface area contributed by atoms with Gasteiger partial charge in [-0.3, -0.25) is 9.59 Å². The highest BCUT2D eigenvalue weighted by Gasteiger charge is 2.23. The summed E-state index contributed by atoms with van der Waals surface area (Å²) in [5.74, 6) is -1.09. The van der Waals surface area contributed by atoms with Crippen molar-refractivity contribution in [3.8, 4) is 0 Å². The van der Waals surface area contributed by atoms with Crippen molar-refractivity contribution in [2.75, 3.05) is 11.4 Å². The lowest BCUT2D eigenvalue weighted by Crippen LogP contribution is -2.35. The Morgan fingerprint density at radius 3 is 2.71 bits per heavy atom. The van der Waals surface area contributed by atoms with Crippen LogP contribution in [0.3, 0.4) is 0 Å². The predicted molar refractivity (Wildman–Crippen MR) is 66.6 cm³/mol. The van der Waals surface area contributed by atoms with Crippen LogP contribution < -0.4 is 4.90 Å². The van der Waals surface area contributed by atoms with Crippen molar-refractivity contribution in [2.24, 2.45) is 0 Å². The van der Waals surface area contributed by atoms with E-state index in [2.05, 4.69) is 0 Å². The number of fused-ring (bicyclic) bond motifs is 1. The van der Waals surface area contributed by atoms with Crippen LogP contribution in [0.1, 0.15) is 18.4 Å². The van der Waals surface area contributed by atoms with E-state index in [0.29, 0.717) is 6.42 Å². The molecule has 17 heavy (non-hydrogen) atoms. The maximum absolute atomic E-state index is 11.8. The molecule has 5 heteroatoms. The number of carboxylic acids is 1. The molecule has 0 spiro atoms. The van der Waals surface area contributed by atoms with Crippen molar-refractivity contribution in [3.05, 3.63) is 29.8 Å². The zero-order valence-corrected chi connectivity index (χ0v) is 10.1. The number of rotatable bonds is 2. The molecule has 0 fully saturated rings.